The van der Waals surface area contributed by atoms with Gasteiger partial charge in [0, 0.05) is 18.5 Å². The Balaban J connectivity index is 4.61. The number of carboxylic acids is 1. The molecule has 4 heteroatoms. The van der Waals surface area contributed by atoms with Crippen molar-refractivity contribution in [3.63, 3.8) is 0 Å². The number of hydrogen-bond donors (Lipinski definition) is 1. The van der Waals surface area contributed by atoms with Crippen molar-refractivity contribution in [2.75, 3.05) is 6.54 Å². The van der Waals surface area contributed by atoms with Crippen LogP contribution in [0.5, 0.6) is 0 Å². The summed E-state index contributed by atoms with van der Waals surface area (Å²) in [6.07, 6.45) is 0. The Morgan fingerprint density at radius 1 is 1.13 bits per heavy atom. The number of aliphatic carboxylic acids is 1. The van der Waals surface area contributed by atoms with Crippen LogP contribution in [0.1, 0.15) is 34.6 Å². The lowest BCUT2D eigenvalue weighted by Gasteiger charge is -2.29. The molecular formula is C11H21NO3. The van der Waals surface area contributed by atoms with Gasteiger partial charge >= 0.3 is 5.97 Å². The zero-order valence-corrected chi connectivity index (χ0v) is 10.2. The van der Waals surface area contributed by atoms with Gasteiger partial charge in [-0.15, -0.1) is 0 Å². The Hall–Kier alpha value is -1.06. The van der Waals surface area contributed by atoms with Crippen LogP contribution in [0.3, 0.4) is 0 Å². The average molecular weight is 215 g/mol. The van der Waals surface area contributed by atoms with Crippen LogP contribution in [0.25, 0.3) is 0 Å². The molecule has 0 bridgehead atoms. The predicted octanol–water partition coefficient (Wildman–Crippen LogP) is 1.60. The van der Waals surface area contributed by atoms with Gasteiger partial charge in [0.25, 0.3) is 0 Å². The molecule has 0 aromatic heterocycles. The Labute approximate surface area is 91.3 Å². The summed E-state index contributed by atoms with van der Waals surface area (Å²) in [5, 5.41) is 8.82. The highest BCUT2D eigenvalue weighted by atomic mass is 16.4. The van der Waals surface area contributed by atoms with Crippen molar-refractivity contribution in [3.05, 3.63) is 0 Å². The first-order valence-corrected chi connectivity index (χ1v) is 5.36. The average Bonchev–Trinajstić information content (AvgIpc) is 2.15. The Morgan fingerprint density at radius 3 is 1.87 bits per heavy atom. The number of nitrogens with zero attached hydrogens (tertiary/aromatic N) is 1. The molecule has 2 atom stereocenters. The van der Waals surface area contributed by atoms with Gasteiger partial charge in [0.2, 0.25) is 5.91 Å². The molecule has 15 heavy (non-hydrogen) atoms. The van der Waals surface area contributed by atoms with E-state index in [1.165, 1.54) is 0 Å². The quantitative estimate of drug-likeness (QED) is 0.757. The molecule has 0 spiro atoms. The number of carboxylic acid groups (broad SMARTS) is 1. The van der Waals surface area contributed by atoms with E-state index in [0.29, 0.717) is 6.54 Å². The van der Waals surface area contributed by atoms with Crippen molar-refractivity contribution in [3.8, 4) is 0 Å². The molecule has 88 valence electrons. The van der Waals surface area contributed by atoms with Crippen molar-refractivity contribution in [2.45, 2.75) is 40.7 Å². The summed E-state index contributed by atoms with van der Waals surface area (Å²) in [6.45, 7) is 9.62. The van der Waals surface area contributed by atoms with Crippen LogP contribution in [0.2, 0.25) is 0 Å². The second-order valence-electron chi connectivity index (χ2n) is 4.13. The maximum absolute atomic E-state index is 11.9. The number of carbonyl (C=O) groups excluding carboxylic acids is 1. The van der Waals surface area contributed by atoms with Gasteiger partial charge in [0.15, 0.2) is 0 Å². The van der Waals surface area contributed by atoms with Crippen LogP contribution in [-0.2, 0) is 9.59 Å². The number of carbonyl (C=O) groups is 2. The van der Waals surface area contributed by atoms with Gasteiger partial charge in [-0.25, -0.2) is 0 Å². The van der Waals surface area contributed by atoms with E-state index >= 15 is 0 Å². The molecule has 0 heterocycles. The SMILES string of the molecule is CCN(C(=O)C(C)C(C)C(=O)O)C(C)C. The second-order valence-corrected chi connectivity index (χ2v) is 4.13. The van der Waals surface area contributed by atoms with Crippen LogP contribution in [-0.4, -0.2) is 34.5 Å². The predicted molar refractivity (Wildman–Crippen MR) is 58.5 cm³/mol. The molecule has 0 aliphatic carbocycles. The zero-order chi connectivity index (χ0) is 12.2. The Morgan fingerprint density at radius 2 is 1.60 bits per heavy atom. The minimum absolute atomic E-state index is 0.0811. The van der Waals surface area contributed by atoms with E-state index in [1.807, 2.05) is 20.8 Å². The van der Waals surface area contributed by atoms with Gasteiger partial charge in [-0.3, -0.25) is 9.59 Å². The molecule has 0 saturated heterocycles. The lowest BCUT2D eigenvalue weighted by Crippen LogP contribution is -2.42. The minimum atomic E-state index is -0.921. The van der Waals surface area contributed by atoms with Crippen molar-refractivity contribution in [1.82, 2.24) is 4.90 Å². The summed E-state index contributed by atoms with van der Waals surface area (Å²) in [5.74, 6) is -2.10. The fraction of sp³-hybridized carbons (Fsp3) is 0.818. The molecule has 2 unspecified atom stereocenters. The maximum Gasteiger partial charge on any atom is 0.307 e. The third-order valence-electron chi connectivity index (χ3n) is 2.78. The van der Waals surface area contributed by atoms with Gasteiger partial charge < -0.3 is 10.0 Å². The summed E-state index contributed by atoms with van der Waals surface area (Å²) in [4.78, 5) is 24.4. The standard InChI is InChI=1S/C11H21NO3/c1-6-12(7(2)3)10(13)8(4)9(5)11(14)15/h7-9H,6H2,1-5H3,(H,14,15). The van der Waals surface area contributed by atoms with Crippen LogP contribution in [0.15, 0.2) is 0 Å². The molecule has 4 nitrogen and oxygen atoms in total. The van der Waals surface area contributed by atoms with Gasteiger partial charge in [-0.1, -0.05) is 13.8 Å². The van der Waals surface area contributed by atoms with Crippen LogP contribution < -0.4 is 0 Å². The third kappa shape index (κ3) is 3.53. The minimum Gasteiger partial charge on any atom is -0.481 e. The monoisotopic (exact) mass is 215 g/mol. The number of rotatable bonds is 5. The third-order valence-corrected chi connectivity index (χ3v) is 2.78. The first-order chi connectivity index (χ1) is 6.82. The first-order valence-electron chi connectivity index (χ1n) is 5.36. The molecule has 0 aromatic carbocycles. The molecule has 1 amide bonds. The topological polar surface area (TPSA) is 57.6 Å². The molecule has 0 aliphatic rings. The molecule has 0 fully saturated rings. The van der Waals surface area contributed by atoms with Crippen molar-refractivity contribution in [1.29, 1.82) is 0 Å². The molecule has 0 saturated carbocycles. The highest BCUT2D eigenvalue weighted by Crippen LogP contribution is 2.16. The lowest BCUT2D eigenvalue weighted by molar-refractivity contribution is -0.149. The summed E-state index contributed by atoms with van der Waals surface area (Å²) in [7, 11) is 0. The van der Waals surface area contributed by atoms with E-state index in [9.17, 15) is 9.59 Å². The zero-order valence-electron chi connectivity index (χ0n) is 10.2. The summed E-state index contributed by atoms with van der Waals surface area (Å²) in [6, 6.07) is 0.117. The van der Waals surface area contributed by atoms with E-state index in [1.54, 1.807) is 18.7 Å². The van der Waals surface area contributed by atoms with Gasteiger partial charge in [-0.2, -0.15) is 0 Å². The second kappa shape index (κ2) is 5.73. The van der Waals surface area contributed by atoms with Crippen molar-refractivity contribution >= 4 is 11.9 Å². The summed E-state index contributed by atoms with van der Waals surface area (Å²) in [5.41, 5.74) is 0. The number of amides is 1. The molecular weight excluding hydrogens is 194 g/mol. The van der Waals surface area contributed by atoms with Crippen LogP contribution >= 0.6 is 0 Å². The van der Waals surface area contributed by atoms with Crippen LogP contribution in [0, 0.1) is 11.8 Å². The molecule has 0 rings (SSSR count). The van der Waals surface area contributed by atoms with Crippen molar-refractivity contribution in [2.24, 2.45) is 11.8 Å². The van der Waals surface area contributed by atoms with E-state index in [-0.39, 0.29) is 11.9 Å². The van der Waals surface area contributed by atoms with Crippen LogP contribution in [0.4, 0.5) is 0 Å². The van der Waals surface area contributed by atoms with E-state index in [0.717, 1.165) is 0 Å². The fourth-order valence-electron chi connectivity index (χ4n) is 1.46. The Bertz CT molecular complexity index is 238. The first kappa shape index (κ1) is 13.9. The van der Waals surface area contributed by atoms with E-state index in [4.69, 9.17) is 5.11 Å². The smallest absolute Gasteiger partial charge is 0.307 e. The van der Waals surface area contributed by atoms with Gasteiger partial charge in [0.1, 0.15) is 0 Å². The summed E-state index contributed by atoms with van der Waals surface area (Å²) >= 11 is 0. The fourth-order valence-corrected chi connectivity index (χ4v) is 1.46. The molecule has 1 N–H and O–H groups in total. The van der Waals surface area contributed by atoms with Gasteiger partial charge in [0.05, 0.1) is 5.92 Å². The Kier molecular flexibility index (Phi) is 5.33. The maximum atomic E-state index is 11.9. The van der Waals surface area contributed by atoms with Crippen molar-refractivity contribution < 1.29 is 14.7 Å². The molecule has 0 aliphatic heterocycles. The van der Waals surface area contributed by atoms with E-state index < -0.39 is 17.8 Å². The largest absolute Gasteiger partial charge is 0.481 e. The highest BCUT2D eigenvalue weighted by Gasteiger charge is 2.29. The number of hydrogen-bond acceptors (Lipinski definition) is 2. The highest BCUT2D eigenvalue weighted by molar-refractivity contribution is 5.84. The lowest BCUT2D eigenvalue weighted by atomic mass is 9.94. The summed E-state index contributed by atoms with van der Waals surface area (Å²) < 4.78 is 0. The van der Waals surface area contributed by atoms with Gasteiger partial charge in [-0.05, 0) is 20.8 Å². The normalized spacial score (nSPS) is 14.8. The van der Waals surface area contributed by atoms with E-state index in [2.05, 4.69) is 0 Å². The molecule has 0 radical (unpaired) electrons. The molecule has 0 aromatic rings.